The van der Waals surface area contributed by atoms with E-state index in [1.165, 1.54) is 62.8 Å². The van der Waals surface area contributed by atoms with E-state index in [0.717, 1.165) is 0 Å². The van der Waals surface area contributed by atoms with Crippen molar-refractivity contribution in [3.05, 3.63) is 6.57 Å². The molecular formula is C12H24N2. The van der Waals surface area contributed by atoms with Crippen molar-refractivity contribution in [2.75, 3.05) is 26.2 Å². The van der Waals surface area contributed by atoms with Gasteiger partial charge in [0.05, 0.1) is 26.2 Å². The van der Waals surface area contributed by atoms with Gasteiger partial charge in [-0.15, -0.1) is 0 Å². The van der Waals surface area contributed by atoms with Crippen molar-refractivity contribution < 1.29 is 4.48 Å². The molecule has 0 spiro atoms. The fourth-order valence-corrected chi connectivity index (χ4v) is 2.53. The number of nitrogens with zero attached hydrogens (tertiary/aromatic N) is 2. The maximum absolute atomic E-state index is 6.25. The van der Waals surface area contributed by atoms with E-state index in [-0.39, 0.29) is 0 Å². The number of likely N-dealkylation sites (tertiary alicyclic amines) is 1. The van der Waals surface area contributed by atoms with Gasteiger partial charge in [0.1, 0.15) is 0 Å². The Labute approximate surface area is 89.1 Å². The van der Waals surface area contributed by atoms with E-state index in [0.29, 0.717) is 0 Å². The van der Waals surface area contributed by atoms with Gasteiger partial charge in [-0.2, -0.15) is 0 Å². The SMILES string of the molecule is CCCC[N+]1(CCC)CCCC1.[C-]#N. The average Bonchev–Trinajstić information content (AvgIpc) is 2.68. The topological polar surface area (TPSA) is 23.8 Å². The summed E-state index contributed by atoms with van der Waals surface area (Å²) in [5.41, 5.74) is 0. The van der Waals surface area contributed by atoms with Crippen LogP contribution in [0.1, 0.15) is 46.0 Å². The summed E-state index contributed by atoms with van der Waals surface area (Å²) in [7, 11) is 0. The van der Waals surface area contributed by atoms with Gasteiger partial charge in [0.2, 0.25) is 0 Å². The smallest absolute Gasteiger partial charge is 0.0788 e. The third-order valence-electron chi connectivity index (χ3n) is 3.20. The van der Waals surface area contributed by atoms with Gasteiger partial charge in [0.25, 0.3) is 0 Å². The highest BCUT2D eigenvalue weighted by Gasteiger charge is 2.29. The van der Waals surface area contributed by atoms with Gasteiger partial charge in [-0.3, -0.25) is 0 Å². The highest BCUT2D eigenvalue weighted by molar-refractivity contribution is 4.54. The molecule has 0 bridgehead atoms. The summed E-state index contributed by atoms with van der Waals surface area (Å²) in [4.78, 5) is 0. The zero-order valence-corrected chi connectivity index (χ0v) is 9.76. The molecule has 1 saturated heterocycles. The molecule has 2 heteroatoms. The minimum Gasteiger partial charge on any atom is -0.512 e. The normalized spacial score (nSPS) is 18.6. The minimum atomic E-state index is 1.36. The molecule has 1 fully saturated rings. The second kappa shape index (κ2) is 7.82. The van der Waals surface area contributed by atoms with E-state index in [9.17, 15) is 0 Å². The second-order valence-corrected chi connectivity index (χ2v) is 4.30. The van der Waals surface area contributed by atoms with Crippen LogP contribution in [-0.4, -0.2) is 30.7 Å². The number of quaternary nitrogens is 1. The Balaban J connectivity index is 0.000000791. The molecule has 0 unspecified atom stereocenters. The van der Waals surface area contributed by atoms with Crippen LogP contribution in [0.5, 0.6) is 0 Å². The van der Waals surface area contributed by atoms with Crippen molar-refractivity contribution in [1.82, 2.24) is 0 Å². The van der Waals surface area contributed by atoms with Crippen molar-refractivity contribution in [3.63, 3.8) is 0 Å². The summed E-state index contributed by atoms with van der Waals surface area (Å²) >= 11 is 0. The maximum Gasteiger partial charge on any atom is 0.0788 e. The van der Waals surface area contributed by atoms with Crippen LogP contribution >= 0.6 is 0 Å². The number of rotatable bonds is 5. The van der Waals surface area contributed by atoms with Crippen molar-refractivity contribution in [2.24, 2.45) is 0 Å². The minimum absolute atomic E-state index is 1.36. The third kappa shape index (κ3) is 4.11. The van der Waals surface area contributed by atoms with E-state index in [2.05, 4.69) is 13.8 Å². The summed E-state index contributed by atoms with van der Waals surface area (Å²) in [5.74, 6) is 0. The average molecular weight is 196 g/mol. The Morgan fingerprint density at radius 1 is 1.00 bits per heavy atom. The van der Waals surface area contributed by atoms with Gasteiger partial charge in [-0.1, -0.05) is 20.3 Å². The van der Waals surface area contributed by atoms with E-state index < -0.39 is 0 Å². The fourth-order valence-electron chi connectivity index (χ4n) is 2.53. The summed E-state index contributed by atoms with van der Waals surface area (Å²) in [5, 5.41) is 6.25. The van der Waals surface area contributed by atoms with Crippen LogP contribution in [-0.2, 0) is 0 Å². The number of hydrogen-bond donors (Lipinski definition) is 0. The second-order valence-electron chi connectivity index (χ2n) is 4.30. The number of hydrogen-bond acceptors (Lipinski definition) is 1. The quantitative estimate of drug-likeness (QED) is 0.490. The van der Waals surface area contributed by atoms with E-state index in [1.54, 1.807) is 0 Å². The molecule has 14 heavy (non-hydrogen) atoms. The van der Waals surface area contributed by atoms with Crippen LogP contribution in [0, 0.1) is 11.8 Å². The van der Waals surface area contributed by atoms with Crippen LogP contribution in [0.15, 0.2) is 0 Å². The lowest BCUT2D eigenvalue weighted by molar-refractivity contribution is -0.917. The van der Waals surface area contributed by atoms with Crippen LogP contribution in [0.25, 0.3) is 0 Å². The van der Waals surface area contributed by atoms with Gasteiger partial charge in [-0.25, -0.2) is 0 Å². The molecule has 0 atom stereocenters. The third-order valence-corrected chi connectivity index (χ3v) is 3.20. The molecule has 82 valence electrons. The van der Waals surface area contributed by atoms with Gasteiger partial charge in [0, 0.05) is 12.8 Å². The summed E-state index contributed by atoms with van der Waals surface area (Å²) < 4.78 is 1.45. The van der Waals surface area contributed by atoms with Crippen molar-refractivity contribution in [3.8, 4) is 0 Å². The Kier molecular flexibility index (Phi) is 7.51. The Hall–Kier alpha value is -0.550. The largest absolute Gasteiger partial charge is 0.512 e. The Morgan fingerprint density at radius 2 is 1.57 bits per heavy atom. The molecule has 0 aromatic heterocycles. The molecule has 0 aliphatic carbocycles. The first-order chi connectivity index (χ1) is 6.83. The molecule has 1 aliphatic heterocycles. The molecule has 0 aromatic carbocycles. The first-order valence-electron chi connectivity index (χ1n) is 5.90. The van der Waals surface area contributed by atoms with E-state index in [4.69, 9.17) is 11.8 Å². The molecule has 1 rings (SSSR count). The highest BCUT2D eigenvalue weighted by atomic mass is 15.4. The zero-order chi connectivity index (χ0) is 10.9. The van der Waals surface area contributed by atoms with Crippen molar-refractivity contribution >= 4 is 0 Å². The predicted molar refractivity (Wildman–Crippen MR) is 59.1 cm³/mol. The summed E-state index contributed by atoms with van der Waals surface area (Å²) in [6, 6.07) is 0. The number of unbranched alkanes of at least 4 members (excludes halogenated alkanes) is 1. The molecular weight excluding hydrogens is 172 g/mol. The monoisotopic (exact) mass is 196 g/mol. The zero-order valence-electron chi connectivity index (χ0n) is 9.76. The van der Waals surface area contributed by atoms with Crippen LogP contribution in [0.2, 0.25) is 0 Å². The first-order valence-corrected chi connectivity index (χ1v) is 5.90. The summed E-state index contributed by atoms with van der Waals surface area (Å²) in [6.45, 7) is 15.2. The molecule has 1 heterocycles. The highest BCUT2D eigenvalue weighted by Crippen LogP contribution is 2.20. The first kappa shape index (κ1) is 13.4. The van der Waals surface area contributed by atoms with Crippen molar-refractivity contribution in [1.29, 1.82) is 5.26 Å². The standard InChI is InChI=1S/C11H24N.CN/c1-3-5-9-12(8-4-2)10-6-7-11-12;1-2/h3-11H2,1-2H3;/q+1;-1. The lowest BCUT2D eigenvalue weighted by Gasteiger charge is -2.34. The lowest BCUT2D eigenvalue weighted by atomic mass is 10.2. The molecule has 1 aliphatic rings. The molecule has 0 N–H and O–H groups in total. The van der Waals surface area contributed by atoms with Crippen LogP contribution < -0.4 is 0 Å². The van der Waals surface area contributed by atoms with E-state index in [1.807, 2.05) is 0 Å². The summed E-state index contributed by atoms with van der Waals surface area (Å²) in [6.07, 6.45) is 7.11. The molecule has 0 aromatic rings. The maximum atomic E-state index is 6.25. The predicted octanol–water partition coefficient (Wildman–Crippen LogP) is 2.90. The van der Waals surface area contributed by atoms with E-state index >= 15 is 0 Å². The Bertz CT molecular complexity index is 146. The van der Waals surface area contributed by atoms with Gasteiger partial charge >= 0.3 is 0 Å². The lowest BCUT2D eigenvalue weighted by Crippen LogP contribution is -2.46. The van der Waals surface area contributed by atoms with Crippen LogP contribution in [0.4, 0.5) is 0 Å². The van der Waals surface area contributed by atoms with Crippen molar-refractivity contribution in [2.45, 2.75) is 46.0 Å². The molecule has 0 saturated carbocycles. The Morgan fingerprint density at radius 3 is 2.00 bits per heavy atom. The van der Waals surface area contributed by atoms with Gasteiger partial charge in [-0.05, 0) is 12.8 Å². The molecule has 0 radical (unpaired) electrons. The fraction of sp³-hybridized carbons (Fsp3) is 0.917. The molecule has 2 nitrogen and oxygen atoms in total. The van der Waals surface area contributed by atoms with Gasteiger partial charge in [0.15, 0.2) is 0 Å². The van der Waals surface area contributed by atoms with Crippen LogP contribution in [0.3, 0.4) is 0 Å². The van der Waals surface area contributed by atoms with Gasteiger partial charge < -0.3 is 16.3 Å². The molecule has 0 amide bonds.